The minimum absolute atomic E-state index is 0.0948. The number of aliphatic hydroxyl groups excluding tert-OH is 1. The van der Waals surface area contributed by atoms with Crippen molar-refractivity contribution in [2.75, 3.05) is 6.61 Å². The summed E-state index contributed by atoms with van der Waals surface area (Å²) in [4.78, 5) is 38.4. The number of carbonyl (C=O) groups is 3. The molecule has 196 valence electrons. The van der Waals surface area contributed by atoms with Gasteiger partial charge >= 0.3 is 0 Å². The zero-order chi connectivity index (χ0) is 27.0. The van der Waals surface area contributed by atoms with Gasteiger partial charge in [0, 0.05) is 17.5 Å². The highest BCUT2D eigenvalue weighted by Crippen LogP contribution is 2.15. The van der Waals surface area contributed by atoms with Gasteiger partial charge in [0.15, 0.2) is 0 Å². The van der Waals surface area contributed by atoms with Crippen molar-refractivity contribution in [3.63, 3.8) is 0 Å². The molecule has 0 aliphatic rings. The van der Waals surface area contributed by atoms with Gasteiger partial charge in [0.25, 0.3) is 0 Å². The molecule has 9 heteroatoms. The van der Waals surface area contributed by atoms with Crippen LogP contribution in [0.25, 0.3) is 0 Å². The van der Waals surface area contributed by atoms with Gasteiger partial charge in [-0.05, 0) is 44.5 Å². The third kappa shape index (κ3) is 8.64. The second-order valence-corrected chi connectivity index (χ2v) is 9.94. The van der Waals surface area contributed by atoms with Crippen LogP contribution in [-0.4, -0.2) is 47.6 Å². The monoisotopic (exact) mass is 501 g/mol. The first-order chi connectivity index (χ1) is 16.8. The molecule has 3 amide bonds. The van der Waals surface area contributed by atoms with E-state index in [-0.39, 0.29) is 18.7 Å². The van der Waals surface area contributed by atoms with Crippen LogP contribution in [0.15, 0.2) is 42.5 Å². The van der Waals surface area contributed by atoms with Crippen molar-refractivity contribution in [3.05, 3.63) is 65.0 Å². The SMILES string of the molecule is Cc1ccc(OC[C@H](NC(=O)[C@@H](NC(=O)C(C)(C)C)[C@@H](C)O)C(=O)NCc2ccc(C)cc2F)cc1. The van der Waals surface area contributed by atoms with Crippen molar-refractivity contribution < 1.29 is 28.6 Å². The maximum absolute atomic E-state index is 14.2. The second-order valence-electron chi connectivity index (χ2n) is 9.94. The Morgan fingerprint density at radius 2 is 1.58 bits per heavy atom. The zero-order valence-electron chi connectivity index (χ0n) is 21.6. The molecule has 4 N–H and O–H groups in total. The molecular formula is C27H36FN3O5. The number of nitrogens with one attached hydrogen (secondary N) is 3. The lowest BCUT2D eigenvalue weighted by atomic mass is 9.94. The standard InChI is InChI=1S/C27H36FN3O5/c1-16-8-11-20(12-9-16)36-15-22(24(33)29-14-19-10-7-17(2)13-21(19)28)30-25(34)23(18(3)32)31-26(35)27(4,5)6/h7-13,18,22-23,32H,14-15H2,1-6H3,(H,29,33)(H,30,34)(H,31,35)/t18-,22+,23+/m1/s1. The molecule has 3 atom stereocenters. The number of carbonyl (C=O) groups excluding carboxylic acids is 3. The predicted octanol–water partition coefficient (Wildman–Crippen LogP) is 2.53. The van der Waals surface area contributed by atoms with E-state index >= 15 is 0 Å². The molecule has 36 heavy (non-hydrogen) atoms. The van der Waals surface area contributed by atoms with Crippen LogP contribution in [0.2, 0.25) is 0 Å². The lowest BCUT2D eigenvalue weighted by molar-refractivity contribution is -0.137. The Morgan fingerprint density at radius 3 is 2.14 bits per heavy atom. The molecule has 0 fully saturated rings. The van der Waals surface area contributed by atoms with E-state index in [1.807, 2.05) is 19.1 Å². The van der Waals surface area contributed by atoms with Gasteiger partial charge in [0.2, 0.25) is 17.7 Å². The number of hydrogen-bond acceptors (Lipinski definition) is 5. The minimum Gasteiger partial charge on any atom is -0.491 e. The summed E-state index contributed by atoms with van der Waals surface area (Å²) in [5, 5.41) is 17.8. The van der Waals surface area contributed by atoms with Crippen molar-refractivity contribution in [2.24, 2.45) is 5.41 Å². The predicted molar refractivity (Wildman–Crippen MR) is 135 cm³/mol. The van der Waals surface area contributed by atoms with Gasteiger partial charge in [-0.2, -0.15) is 0 Å². The average molecular weight is 502 g/mol. The molecule has 0 heterocycles. The summed E-state index contributed by atoms with van der Waals surface area (Å²) in [5.41, 5.74) is 1.27. The molecule has 0 aromatic heterocycles. The second kappa shape index (κ2) is 12.5. The Labute approximate surface area is 211 Å². The van der Waals surface area contributed by atoms with Crippen LogP contribution in [0.4, 0.5) is 4.39 Å². The number of hydrogen-bond donors (Lipinski definition) is 4. The normalized spacial score (nSPS) is 13.8. The van der Waals surface area contributed by atoms with Gasteiger partial charge in [-0.25, -0.2) is 4.39 Å². The highest BCUT2D eigenvalue weighted by Gasteiger charge is 2.33. The van der Waals surface area contributed by atoms with E-state index < -0.39 is 47.1 Å². The zero-order valence-corrected chi connectivity index (χ0v) is 21.6. The number of ether oxygens (including phenoxy) is 1. The Balaban J connectivity index is 2.17. The van der Waals surface area contributed by atoms with Crippen LogP contribution in [0, 0.1) is 25.1 Å². The summed E-state index contributed by atoms with van der Waals surface area (Å²) in [6.07, 6.45) is -1.22. The number of rotatable bonds is 10. The topological polar surface area (TPSA) is 117 Å². The summed E-state index contributed by atoms with van der Waals surface area (Å²) in [5.74, 6) is -1.76. The Hall–Kier alpha value is -3.46. The Kier molecular flexibility index (Phi) is 9.98. The highest BCUT2D eigenvalue weighted by molar-refractivity contribution is 5.93. The molecular weight excluding hydrogens is 465 g/mol. The first-order valence-electron chi connectivity index (χ1n) is 11.8. The number of halogens is 1. The summed E-state index contributed by atoms with van der Waals surface area (Å²) in [7, 11) is 0. The van der Waals surface area contributed by atoms with Crippen molar-refractivity contribution >= 4 is 17.7 Å². The van der Waals surface area contributed by atoms with Crippen LogP contribution in [0.3, 0.4) is 0 Å². The van der Waals surface area contributed by atoms with Crippen LogP contribution >= 0.6 is 0 Å². The smallest absolute Gasteiger partial charge is 0.246 e. The van der Waals surface area contributed by atoms with Crippen LogP contribution < -0.4 is 20.7 Å². The van der Waals surface area contributed by atoms with Crippen molar-refractivity contribution in [3.8, 4) is 5.75 Å². The first kappa shape index (κ1) is 28.8. The van der Waals surface area contributed by atoms with Crippen molar-refractivity contribution in [1.82, 2.24) is 16.0 Å². The molecule has 8 nitrogen and oxygen atoms in total. The summed E-state index contributed by atoms with van der Waals surface area (Å²) >= 11 is 0. The Morgan fingerprint density at radius 1 is 0.972 bits per heavy atom. The quantitative estimate of drug-likeness (QED) is 0.399. The number of benzene rings is 2. The maximum Gasteiger partial charge on any atom is 0.246 e. The molecule has 0 saturated carbocycles. The average Bonchev–Trinajstić information content (AvgIpc) is 2.79. The molecule has 0 bridgehead atoms. The largest absolute Gasteiger partial charge is 0.491 e. The van der Waals surface area contributed by atoms with Crippen LogP contribution in [0.1, 0.15) is 44.4 Å². The van der Waals surface area contributed by atoms with Gasteiger partial charge in [-0.3, -0.25) is 14.4 Å². The van der Waals surface area contributed by atoms with E-state index in [2.05, 4.69) is 16.0 Å². The summed E-state index contributed by atoms with van der Waals surface area (Å²) in [6.45, 7) is 9.76. The van der Waals surface area contributed by atoms with Gasteiger partial charge in [0.05, 0.1) is 6.10 Å². The van der Waals surface area contributed by atoms with E-state index in [0.29, 0.717) is 5.75 Å². The third-order valence-corrected chi connectivity index (χ3v) is 5.46. The van der Waals surface area contributed by atoms with Gasteiger partial charge in [-0.1, -0.05) is 50.6 Å². The fourth-order valence-corrected chi connectivity index (χ4v) is 3.12. The highest BCUT2D eigenvalue weighted by atomic mass is 19.1. The van der Waals surface area contributed by atoms with Gasteiger partial charge in [0.1, 0.15) is 30.3 Å². The van der Waals surface area contributed by atoms with E-state index in [1.165, 1.54) is 13.0 Å². The molecule has 2 aromatic carbocycles. The Bertz CT molecular complexity index is 1060. The van der Waals surface area contributed by atoms with E-state index in [1.54, 1.807) is 52.0 Å². The van der Waals surface area contributed by atoms with Crippen molar-refractivity contribution in [1.29, 1.82) is 0 Å². The van der Waals surface area contributed by atoms with Crippen molar-refractivity contribution in [2.45, 2.75) is 66.3 Å². The fraction of sp³-hybridized carbons (Fsp3) is 0.444. The summed E-state index contributed by atoms with van der Waals surface area (Å²) < 4.78 is 19.9. The number of aryl methyl sites for hydroxylation is 2. The van der Waals surface area contributed by atoms with E-state index in [4.69, 9.17) is 4.74 Å². The molecule has 0 spiro atoms. The first-order valence-corrected chi connectivity index (χ1v) is 11.8. The molecule has 2 aromatic rings. The molecule has 0 radical (unpaired) electrons. The van der Waals surface area contributed by atoms with Gasteiger partial charge < -0.3 is 25.8 Å². The molecule has 2 rings (SSSR count). The summed E-state index contributed by atoms with van der Waals surface area (Å²) in [6, 6.07) is 9.35. The molecule has 0 unspecified atom stereocenters. The lowest BCUT2D eigenvalue weighted by Crippen LogP contribution is -2.59. The molecule has 0 saturated heterocycles. The number of aliphatic hydroxyl groups is 1. The lowest BCUT2D eigenvalue weighted by Gasteiger charge is -2.27. The van der Waals surface area contributed by atoms with Crippen LogP contribution in [-0.2, 0) is 20.9 Å². The van der Waals surface area contributed by atoms with E-state index in [0.717, 1.165) is 11.1 Å². The molecule has 0 aliphatic heterocycles. The fourth-order valence-electron chi connectivity index (χ4n) is 3.12. The minimum atomic E-state index is -1.29. The molecule has 0 aliphatic carbocycles. The number of amides is 3. The van der Waals surface area contributed by atoms with Crippen LogP contribution in [0.5, 0.6) is 5.75 Å². The third-order valence-electron chi connectivity index (χ3n) is 5.46. The maximum atomic E-state index is 14.2. The van der Waals surface area contributed by atoms with Gasteiger partial charge in [-0.15, -0.1) is 0 Å². The van der Waals surface area contributed by atoms with E-state index in [9.17, 15) is 23.9 Å².